The van der Waals surface area contributed by atoms with Crippen LogP contribution in [0.3, 0.4) is 0 Å². The molecule has 0 spiro atoms. The van der Waals surface area contributed by atoms with E-state index in [1.54, 1.807) is 0 Å². The summed E-state index contributed by atoms with van der Waals surface area (Å²) in [6.07, 6.45) is 3.83. The molecular formula is C6H10N2. The summed E-state index contributed by atoms with van der Waals surface area (Å²) in [6.45, 7) is 3.06. The van der Waals surface area contributed by atoms with Gasteiger partial charge in [0.05, 0.1) is 5.69 Å². The van der Waals surface area contributed by atoms with Crippen LogP contribution >= 0.6 is 0 Å². The van der Waals surface area contributed by atoms with Gasteiger partial charge >= 0.3 is 0 Å². The average molecular weight is 110 g/mol. The molecule has 2 N–H and O–H groups in total. The molecule has 1 heterocycles. The Bertz CT molecular complexity index is 132. The second-order valence-electron chi connectivity index (χ2n) is 1.63. The van der Waals surface area contributed by atoms with E-state index >= 15 is 0 Å². The highest BCUT2D eigenvalue weighted by Crippen LogP contribution is 2.01. The molecule has 0 fully saturated rings. The first kappa shape index (κ1) is 5.22. The lowest BCUT2D eigenvalue weighted by Crippen LogP contribution is -1.93. The molecule has 1 aromatic rings. The van der Waals surface area contributed by atoms with Gasteiger partial charge in [-0.1, -0.05) is 0 Å². The fourth-order valence-electron chi connectivity index (χ4n) is 0.638. The Morgan fingerprint density at radius 3 is 3.12 bits per heavy atom. The van der Waals surface area contributed by atoms with Gasteiger partial charge < -0.3 is 10.3 Å². The zero-order chi connectivity index (χ0) is 5.82. The van der Waals surface area contributed by atoms with Crippen molar-refractivity contribution < 1.29 is 0 Å². The third kappa shape index (κ3) is 1.03. The van der Waals surface area contributed by atoms with E-state index in [1.165, 1.54) is 0 Å². The van der Waals surface area contributed by atoms with Crippen LogP contribution < -0.4 is 5.32 Å². The minimum Gasteiger partial charge on any atom is -0.384 e. The molecule has 2 heteroatoms. The van der Waals surface area contributed by atoms with Crippen molar-refractivity contribution in [2.24, 2.45) is 0 Å². The number of aromatic amines is 1. The first-order chi connectivity index (χ1) is 3.93. The van der Waals surface area contributed by atoms with Crippen molar-refractivity contribution in [2.45, 2.75) is 6.92 Å². The zero-order valence-corrected chi connectivity index (χ0v) is 4.94. The van der Waals surface area contributed by atoms with Crippen molar-refractivity contribution in [1.82, 2.24) is 4.98 Å². The summed E-state index contributed by atoms with van der Waals surface area (Å²) in [5.41, 5.74) is 1.16. The number of hydrogen-bond acceptors (Lipinski definition) is 1. The quantitative estimate of drug-likeness (QED) is 0.592. The molecule has 0 unspecified atom stereocenters. The molecule has 0 amide bonds. The fraction of sp³-hybridized carbons (Fsp3) is 0.333. The smallest absolute Gasteiger partial charge is 0.0517 e. The highest BCUT2D eigenvalue weighted by Gasteiger charge is 1.83. The molecule has 0 atom stereocenters. The van der Waals surface area contributed by atoms with Crippen molar-refractivity contribution in [3.8, 4) is 0 Å². The zero-order valence-electron chi connectivity index (χ0n) is 4.94. The molecule has 0 saturated carbocycles. The molecule has 0 radical (unpaired) electrons. The molecule has 2 nitrogen and oxygen atoms in total. The number of rotatable bonds is 2. The van der Waals surface area contributed by atoms with E-state index in [2.05, 4.69) is 17.2 Å². The summed E-state index contributed by atoms with van der Waals surface area (Å²) in [5, 5.41) is 3.16. The lowest BCUT2D eigenvalue weighted by Gasteiger charge is -1.93. The Labute approximate surface area is 48.9 Å². The van der Waals surface area contributed by atoms with Crippen LogP contribution in [-0.4, -0.2) is 11.5 Å². The molecule has 8 heavy (non-hydrogen) atoms. The lowest BCUT2D eigenvalue weighted by molar-refractivity contribution is 1.21. The van der Waals surface area contributed by atoms with E-state index in [0.717, 1.165) is 12.2 Å². The second kappa shape index (κ2) is 2.40. The lowest BCUT2D eigenvalue weighted by atomic mass is 10.5. The third-order valence-corrected chi connectivity index (χ3v) is 0.979. The van der Waals surface area contributed by atoms with Gasteiger partial charge in [-0.05, 0) is 13.0 Å². The van der Waals surface area contributed by atoms with Gasteiger partial charge in [-0.2, -0.15) is 0 Å². The highest BCUT2D eigenvalue weighted by molar-refractivity contribution is 5.39. The SMILES string of the molecule is CCNc1cc[nH]c1. The van der Waals surface area contributed by atoms with Crippen molar-refractivity contribution in [3.63, 3.8) is 0 Å². The fourth-order valence-corrected chi connectivity index (χ4v) is 0.638. The van der Waals surface area contributed by atoms with Crippen molar-refractivity contribution in [1.29, 1.82) is 0 Å². The van der Waals surface area contributed by atoms with Crippen LogP contribution in [0.2, 0.25) is 0 Å². The normalized spacial score (nSPS) is 9.12. The van der Waals surface area contributed by atoms with Crippen molar-refractivity contribution in [2.75, 3.05) is 11.9 Å². The van der Waals surface area contributed by atoms with Gasteiger partial charge in [0.1, 0.15) is 0 Å². The molecule has 0 saturated heterocycles. The summed E-state index contributed by atoms with van der Waals surface area (Å²) >= 11 is 0. The molecular weight excluding hydrogens is 100 g/mol. The predicted octanol–water partition coefficient (Wildman–Crippen LogP) is 1.45. The minimum absolute atomic E-state index is 0.984. The number of anilines is 1. The maximum Gasteiger partial charge on any atom is 0.0517 e. The van der Waals surface area contributed by atoms with Gasteiger partial charge in [-0.3, -0.25) is 0 Å². The number of nitrogens with one attached hydrogen (secondary N) is 2. The first-order valence-corrected chi connectivity index (χ1v) is 2.80. The van der Waals surface area contributed by atoms with Crippen LogP contribution in [0.5, 0.6) is 0 Å². The van der Waals surface area contributed by atoms with Gasteiger partial charge in [-0.15, -0.1) is 0 Å². The van der Waals surface area contributed by atoms with Gasteiger partial charge in [0, 0.05) is 18.9 Å². The predicted molar refractivity (Wildman–Crippen MR) is 35.0 cm³/mol. The molecule has 0 aliphatic rings. The van der Waals surface area contributed by atoms with E-state index in [4.69, 9.17) is 0 Å². The standard InChI is InChI=1S/C6H10N2/c1-2-8-6-3-4-7-5-6/h3-5,7-8H,2H2,1H3. The second-order valence-corrected chi connectivity index (χ2v) is 1.63. The van der Waals surface area contributed by atoms with Gasteiger partial charge in [0.15, 0.2) is 0 Å². The minimum atomic E-state index is 0.984. The van der Waals surface area contributed by atoms with Crippen molar-refractivity contribution >= 4 is 5.69 Å². The van der Waals surface area contributed by atoms with Crippen molar-refractivity contribution in [3.05, 3.63) is 18.5 Å². The Morgan fingerprint density at radius 1 is 1.75 bits per heavy atom. The number of H-pyrrole nitrogens is 1. The molecule has 0 aromatic carbocycles. The number of hydrogen-bond donors (Lipinski definition) is 2. The van der Waals surface area contributed by atoms with Crippen LogP contribution in [0.4, 0.5) is 5.69 Å². The summed E-state index contributed by atoms with van der Waals surface area (Å²) in [6, 6.07) is 2.00. The van der Waals surface area contributed by atoms with Gasteiger partial charge in [0.2, 0.25) is 0 Å². The highest BCUT2D eigenvalue weighted by atomic mass is 14.9. The van der Waals surface area contributed by atoms with E-state index in [1.807, 2.05) is 18.5 Å². The van der Waals surface area contributed by atoms with Crippen LogP contribution in [0, 0.1) is 0 Å². The molecule has 1 rings (SSSR count). The van der Waals surface area contributed by atoms with Crippen LogP contribution in [0.25, 0.3) is 0 Å². The van der Waals surface area contributed by atoms with E-state index in [0.29, 0.717) is 0 Å². The van der Waals surface area contributed by atoms with Crippen LogP contribution in [0.1, 0.15) is 6.92 Å². The molecule has 0 bridgehead atoms. The van der Waals surface area contributed by atoms with Gasteiger partial charge in [-0.25, -0.2) is 0 Å². The van der Waals surface area contributed by atoms with E-state index in [9.17, 15) is 0 Å². The molecule has 0 aliphatic carbocycles. The first-order valence-electron chi connectivity index (χ1n) is 2.80. The molecule has 44 valence electrons. The maximum atomic E-state index is 3.16. The Hall–Kier alpha value is -0.920. The summed E-state index contributed by atoms with van der Waals surface area (Å²) in [5.74, 6) is 0. The summed E-state index contributed by atoms with van der Waals surface area (Å²) in [7, 11) is 0. The summed E-state index contributed by atoms with van der Waals surface area (Å²) in [4.78, 5) is 2.95. The van der Waals surface area contributed by atoms with E-state index < -0.39 is 0 Å². The largest absolute Gasteiger partial charge is 0.384 e. The van der Waals surface area contributed by atoms with Gasteiger partial charge in [0.25, 0.3) is 0 Å². The third-order valence-electron chi connectivity index (χ3n) is 0.979. The van der Waals surface area contributed by atoms with E-state index in [-0.39, 0.29) is 0 Å². The average Bonchev–Trinajstić information content (AvgIpc) is 2.19. The Balaban J connectivity index is 2.50. The topological polar surface area (TPSA) is 27.8 Å². The monoisotopic (exact) mass is 110 g/mol. The molecule has 1 aromatic heterocycles. The van der Waals surface area contributed by atoms with Crippen LogP contribution in [0.15, 0.2) is 18.5 Å². The Kier molecular flexibility index (Phi) is 1.57. The van der Waals surface area contributed by atoms with Crippen LogP contribution in [-0.2, 0) is 0 Å². The molecule has 0 aliphatic heterocycles. The Morgan fingerprint density at radius 2 is 2.62 bits per heavy atom. The summed E-state index contributed by atoms with van der Waals surface area (Å²) < 4.78 is 0. The maximum absolute atomic E-state index is 3.16. The number of aromatic nitrogens is 1.